The molecule has 0 aliphatic heterocycles. The highest BCUT2D eigenvalue weighted by Gasteiger charge is 2.04. The zero-order valence-corrected chi connectivity index (χ0v) is 12.4. The zero-order valence-electron chi connectivity index (χ0n) is 11.6. The molecule has 106 valence electrons. The number of nitrogens with zero attached hydrogens (tertiary/aromatic N) is 2. The van der Waals surface area contributed by atoms with Crippen LogP contribution in [0.25, 0.3) is 0 Å². The fourth-order valence-corrected chi connectivity index (χ4v) is 2.37. The minimum Gasteiger partial charge on any atom is -0.481 e. The Morgan fingerprint density at radius 3 is 2.85 bits per heavy atom. The molecule has 0 radical (unpaired) electrons. The van der Waals surface area contributed by atoms with E-state index in [2.05, 4.69) is 32.1 Å². The normalized spacial score (nSPS) is 11.2. The second-order valence-electron chi connectivity index (χ2n) is 4.03. The standard InChI is InChI=1S/C14H18N4OS/c1-15-14(18-10-12-6-4-8-20-12)17-9-11-5-3-7-16-13(11)19-2/h3-8H,9-10H2,1-2H3,(H2,15,17,18). The van der Waals surface area contributed by atoms with Gasteiger partial charge in [0, 0.05) is 30.2 Å². The van der Waals surface area contributed by atoms with Gasteiger partial charge in [0.25, 0.3) is 0 Å². The predicted molar refractivity (Wildman–Crippen MR) is 82.1 cm³/mol. The molecule has 0 unspecified atom stereocenters. The van der Waals surface area contributed by atoms with Crippen LogP contribution in [-0.4, -0.2) is 25.1 Å². The summed E-state index contributed by atoms with van der Waals surface area (Å²) in [5.74, 6) is 1.39. The van der Waals surface area contributed by atoms with E-state index in [4.69, 9.17) is 4.74 Å². The van der Waals surface area contributed by atoms with Crippen molar-refractivity contribution in [3.05, 3.63) is 46.3 Å². The Labute approximate surface area is 122 Å². The van der Waals surface area contributed by atoms with Gasteiger partial charge in [-0.25, -0.2) is 4.98 Å². The Kier molecular flexibility index (Phi) is 5.37. The number of hydrogen-bond acceptors (Lipinski definition) is 4. The molecule has 2 heterocycles. The van der Waals surface area contributed by atoms with Crippen molar-refractivity contribution in [2.24, 2.45) is 4.99 Å². The Morgan fingerprint density at radius 2 is 2.15 bits per heavy atom. The van der Waals surface area contributed by atoms with Crippen LogP contribution in [0.15, 0.2) is 40.8 Å². The number of methoxy groups -OCH3 is 1. The molecule has 0 amide bonds. The number of ether oxygens (including phenoxy) is 1. The van der Waals surface area contributed by atoms with E-state index in [1.807, 2.05) is 18.2 Å². The van der Waals surface area contributed by atoms with Crippen LogP contribution in [0.2, 0.25) is 0 Å². The highest BCUT2D eigenvalue weighted by atomic mass is 32.1. The zero-order chi connectivity index (χ0) is 14.2. The van der Waals surface area contributed by atoms with Crippen molar-refractivity contribution >= 4 is 17.3 Å². The van der Waals surface area contributed by atoms with E-state index in [1.54, 1.807) is 31.7 Å². The maximum Gasteiger partial charge on any atom is 0.218 e. The first-order valence-corrected chi connectivity index (χ1v) is 7.16. The topological polar surface area (TPSA) is 58.5 Å². The largest absolute Gasteiger partial charge is 0.481 e. The van der Waals surface area contributed by atoms with Crippen molar-refractivity contribution < 1.29 is 4.74 Å². The van der Waals surface area contributed by atoms with Gasteiger partial charge >= 0.3 is 0 Å². The third-order valence-electron chi connectivity index (χ3n) is 2.72. The fourth-order valence-electron chi connectivity index (χ4n) is 1.73. The molecular weight excluding hydrogens is 272 g/mol. The van der Waals surface area contributed by atoms with Gasteiger partial charge in [-0.3, -0.25) is 4.99 Å². The molecule has 0 saturated heterocycles. The maximum atomic E-state index is 5.22. The van der Waals surface area contributed by atoms with Gasteiger partial charge < -0.3 is 15.4 Å². The van der Waals surface area contributed by atoms with Crippen molar-refractivity contribution in [3.63, 3.8) is 0 Å². The summed E-state index contributed by atoms with van der Waals surface area (Å²) in [7, 11) is 3.37. The monoisotopic (exact) mass is 290 g/mol. The van der Waals surface area contributed by atoms with Crippen molar-refractivity contribution in [3.8, 4) is 5.88 Å². The lowest BCUT2D eigenvalue weighted by Gasteiger charge is -2.12. The summed E-state index contributed by atoms with van der Waals surface area (Å²) in [6, 6.07) is 8.00. The summed E-state index contributed by atoms with van der Waals surface area (Å²) in [4.78, 5) is 9.63. The van der Waals surface area contributed by atoms with Crippen LogP contribution in [-0.2, 0) is 13.1 Å². The number of thiophene rings is 1. The average molecular weight is 290 g/mol. The van der Waals surface area contributed by atoms with E-state index >= 15 is 0 Å². The lowest BCUT2D eigenvalue weighted by atomic mass is 10.2. The van der Waals surface area contributed by atoms with E-state index in [0.29, 0.717) is 12.4 Å². The van der Waals surface area contributed by atoms with Crippen LogP contribution in [0.3, 0.4) is 0 Å². The third kappa shape index (κ3) is 3.96. The summed E-state index contributed by atoms with van der Waals surface area (Å²) < 4.78 is 5.22. The van der Waals surface area contributed by atoms with Gasteiger partial charge in [0.2, 0.25) is 5.88 Å². The lowest BCUT2D eigenvalue weighted by molar-refractivity contribution is 0.392. The molecule has 0 bridgehead atoms. The summed E-state index contributed by atoms with van der Waals surface area (Å²) in [5, 5.41) is 8.58. The van der Waals surface area contributed by atoms with Gasteiger partial charge in [-0.05, 0) is 17.5 Å². The molecule has 0 aliphatic carbocycles. The number of hydrogen-bond donors (Lipinski definition) is 2. The Bertz CT molecular complexity index is 554. The van der Waals surface area contributed by atoms with E-state index < -0.39 is 0 Å². The molecule has 2 N–H and O–H groups in total. The SMILES string of the molecule is CN=C(NCc1cccs1)NCc1cccnc1OC. The Hall–Kier alpha value is -2.08. The van der Waals surface area contributed by atoms with Crippen LogP contribution < -0.4 is 15.4 Å². The second kappa shape index (κ2) is 7.49. The summed E-state index contributed by atoms with van der Waals surface area (Å²) in [6.07, 6.45) is 1.71. The molecule has 2 aromatic heterocycles. The number of rotatable bonds is 5. The number of pyridine rings is 1. The molecule has 20 heavy (non-hydrogen) atoms. The Balaban J connectivity index is 1.87. The average Bonchev–Trinajstić information content (AvgIpc) is 3.01. The Morgan fingerprint density at radius 1 is 1.30 bits per heavy atom. The summed E-state index contributed by atoms with van der Waals surface area (Å²) >= 11 is 1.72. The first-order chi connectivity index (χ1) is 9.83. The second-order valence-corrected chi connectivity index (χ2v) is 5.06. The molecule has 0 fully saturated rings. The molecular formula is C14H18N4OS. The number of nitrogens with one attached hydrogen (secondary N) is 2. The molecule has 2 rings (SSSR count). The van der Waals surface area contributed by atoms with Crippen molar-refractivity contribution in [1.82, 2.24) is 15.6 Å². The third-order valence-corrected chi connectivity index (χ3v) is 3.60. The van der Waals surface area contributed by atoms with Crippen LogP contribution in [0.1, 0.15) is 10.4 Å². The van der Waals surface area contributed by atoms with E-state index in [9.17, 15) is 0 Å². The quantitative estimate of drug-likeness (QED) is 0.653. The van der Waals surface area contributed by atoms with Crippen LogP contribution in [0.4, 0.5) is 0 Å². The molecule has 0 aromatic carbocycles. The van der Waals surface area contributed by atoms with E-state index in [1.165, 1.54) is 4.88 Å². The predicted octanol–water partition coefficient (Wildman–Crippen LogP) is 2.02. The van der Waals surface area contributed by atoms with Crippen LogP contribution in [0, 0.1) is 0 Å². The van der Waals surface area contributed by atoms with Crippen molar-refractivity contribution in [1.29, 1.82) is 0 Å². The molecule has 5 nitrogen and oxygen atoms in total. The highest BCUT2D eigenvalue weighted by Crippen LogP contribution is 2.12. The first kappa shape index (κ1) is 14.3. The van der Waals surface area contributed by atoms with Crippen LogP contribution in [0.5, 0.6) is 5.88 Å². The van der Waals surface area contributed by atoms with Crippen LogP contribution >= 0.6 is 11.3 Å². The number of aromatic nitrogens is 1. The van der Waals surface area contributed by atoms with Gasteiger partial charge in [0.05, 0.1) is 13.7 Å². The van der Waals surface area contributed by atoms with Gasteiger partial charge in [-0.1, -0.05) is 12.1 Å². The molecule has 0 atom stereocenters. The van der Waals surface area contributed by atoms with E-state index in [0.717, 1.165) is 18.1 Å². The summed E-state index contributed by atoms with van der Waals surface area (Å²) in [5.41, 5.74) is 0.995. The van der Waals surface area contributed by atoms with Gasteiger partial charge in [-0.2, -0.15) is 0 Å². The molecule has 2 aromatic rings. The van der Waals surface area contributed by atoms with E-state index in [-0.39, 0.29) is 0 Å². The molecule has 0 saturated carbocycles. The minimum absolute atomic E-state index is 0.612. The minimum atomic E-state index is 0.612. The van der Waals surface area contributed by atoms with Crippen molar-refractivity contribution in [2.75, 3.05) is 14.2 Å². The summed E-state index contributed by atoms with van der Waals surface area (Å²) in [6.45, 7) is 1.38. The lowest BCUT2D eigenvalue weighted by Crippen LogP contribution is -2.36. The number of aliphatic imine (C=N–C) groups is 1. The molecule has 0 spiro atoms. The van der Waals surface area contributed by atoms with Gasteiger partial charge in [0.15, 0.2) is 5.96 Å². The smallest absolute Gasteiger partial charge is 0.218 e. The van der Waals surface area contributed by atoms with Gasteiger partial charge in [-0.15, -0.1) is 11.3 Å². The fraction of sp³-hybridized carbons (Fsp3) is 0.286. The number of guanidine groups is 1. The van der Waals surface area contributed by atoms with Gasteiger partial charge in [0.1, 0.15) is 0 Å². The first-order valence-electron chi connectivity index (χ1n) is 6.28. The molecule has 0 aliphatic rings. The van der Waals surface area contributed by atoms with Crippen molar-refractivity contribution in [2.45, 2.75) is 13.1 Å². The maximum absolute atomic E-state index is 5.22. The molecule has 6 heteroatoms. The highest BCUT2D eigenvalue weighted by molar-refractivity contribution is 7.09.